The summed E-state index contributed by atoms with van der Waals surface area (Å²) in [6.07, 6.45) is 7.79. The minimum absolute atomic E-state index is 0.0302. The van der Waals surface area contributed by atoms with Crippen molar-refractivity contribution in [1.82, 2.24) is 20.0 Å². The molecule has 25 heavy (non-hydrogen) atoms. The summed E-state index contributed by atoms with van der Waals surface area (Å²) in [5, 5.41) is 13.5. The van der Waals surface area contributed by atoms with Gasteiger partial charge in [0, 0.05) is 18.5 Å². The zero-order chi connectivity index (χ0) is 16.8. The molecule has 1 saturated heterocycles. The van der Waals surface area contributed by atoms with E-state index >= 15 is 0 Å². The molecule has 0 radical (unpaired) electrons. The first kappa shape index (κ1) is 15.0. The Morgan fingerprint density at radius 3 is 2.80 bits per heavy atom. The maximum Gasteiger partial charge on any atom is 0.267 e. The molecule has 130 valence electrons. The van der Waals surface area contributed by atoms with Crippen LogP contribution in [-0.4, -0.2) is 32.6 Å². The Morgan fingerprint density at radius 1 is 1.08 bits per heavy atom. The van der Waals surface area contributed by atoms with Crippen molar-refractivity contribution < 1.29 is 0 Å². The lowest BCUT2D eigenvalue weighted by molar-refractivity contribution is 0.481. The molecular weight excluding hydrogens is 314 g/mol. The fraction of sp³-hybridized carbons (Fsp3) is 0.579. The molecule has 1 saturated carbocycles. The summed E-state index contributed by atoms with van der Waals surface area (Å²) in [6.45, 7) is 1.61. The van der Waals surface area contributed by atoms with E-state index in [-0.39, 0.29) is 11.6 Å². The third-order valence-corrected chi connectivity index (χ3v) is 5.75. The number of hydrogen-bond donors (Lipinski definition) is 0. The standard InChI is InChI=1S/C19H23N5O/c25-19-11-14-3-1-5-17(14)22-24(19)12-15-4-2-10-23(15)18-9-8-16(20-21-18)13-6-7-13/h8-9,11,13,15H,1-7,10,12H2. The average Bonchev–Trinajstić information content (AvgIpc) is 3.21. The number of anilines is 1. The molecule has 3 aliphatic rings. The maximum absolute atomic E-state index is 12.4. The zero-order valence-corrected chi connectivity index (χ0v) is 14.4. The summed E-state index contributed by atoms with van der Waals surface area (Å²) < 4.78 is 1.67. The first-order valence-corrected chi connectivity index (χ1v) is 9.48. The molecule has 5 rings (SSSR count). The van der Waals surface area contributed by atoms with E-state index in [0.717, 1.165) is 61.4 Å². The van der Waals surface area contributed by atoms with Gasteiger partial charge < -0.3 is 4.90 Å². The first-order valence-electron chi connectivity index (χ1n) is 9.48. The third-order valence-electron chi connectivity index (χ3n) is 5.75. The van der Waals surface area contributed by atoms with Crippen molar-refractivity contribution in [2.45, 2.75) is 63.5 Å². The van der Waals surface area contributed by atoms with Gasteiger partial charge in [0.1, 0.15) is 0 Å². The van der Waals surface area contributed by atoms with Crippen LogP contribution in [-0.2, 0) is 19.4 Å². The van der Waals surface area contributed by atoms with E-state index in [4.69, 9.17) is 0 Å². The quantitative estimate of drug-likeness (QED) is 0.854. The molecule has 0 N–H and O–H groups in total. The summed E-state index contributed by atoms with van der Waals surface area (Å²) in [5.41, 5.74) is 3.41. The summed E-state index contributed by atoms with van der Waals surface area (Å²) in [4.78, 5) is 14.7. The summed E-state index contributed by atoms with van der Waals surface area (Å²) in [5.74, 6) is 1.56. The molecular formula is C19H23N5O. The second-order valence-corrected chi connectivity index (χ2v) is 7.57. The van der Waals surface area contributed by atoms with Crippen molar-refractivity contribution in [3.8, 4) is 0 Å². The predicted molar refractivity (Wildman–Crippen MR) is 94.9 cm³/mol. The fourth-order valence-electron chi connectivity index (χ4n) is 4.18. The van der Waals surface area contributed by atoms with Gasteiger partial charge in [-0.25, -0.2) is 4.68 Å². The van der Waals surface area contributed by atoms with Crippen LogP contribution in [0.1, 0.15) is 55.0 Å². The Labute approximate surface area is 146 Å². The molecule has 2 aromatic heterocycles. The fourth-order valence-corrected chi connectivity index (χ4v) is 4.18. The first-order chi connectivity index (χ1) is 12.3. The highest BCUT2D eigenvalue weighted by Gasteiger charge is 2.29. The van der Waals surface area contributed by atoms with Crippen LogP contribution in [0.25, 0.3) is 0 Å². The van der Waals surface area contributed by atoms with Gasteiger partial charge in [-0.15, -0.1) is 5.10 Å². The molecule has 2 aliphatic carbocycles. The Morgan fingerprint density at radius 2 is 2.00 bits per heavy atom. The van der Waals surface area contributed by atoms with Crippen LogP contribution >= 0.6 is 0 Å². The summed E-state index contributed by atoms with van der Waals surface area (Å²) >= 11 is 0. The smallest absolute Gasteiger partial charge is 0.267 e. The normalized spacial score (nSPS) is 22.4. The van der Waals surface area contributed by atoms with Crippen LogP contribution in [0, 0.1) is 0 Å². The van der Waals surface area contributed by atoms with Crippen LogP contribution in [0.3, 0.4) is 0 Å². The highest BCUT2D eigenvalue weighted by molar-refractivity contribution is 5.40. The summed E-state index contributed by atoms with van der Waals surface area (Å²) in [7, 11) is 0. The van der Waals surface area contributed by atoms with Crippen molar-refractivity contribution in [3.63, 3.8) is 0 Å². The number of nitrogens with zero attached hydrogens (tertiary/aromatic N) is 5. The second-order valence-electron chi connectivity index (χ2n) is 7.57. The molecule has 0 amide bonds. The van der Waals surface area contributed by atoms with E-state index in [2.05, 4.69) is 32.3 Å². The predicted octanol–water partition coefficient (Wildman–Crippen LogP) is 2.07. The van der Waals surface area contributed by atoms with Gasteiger partial charge in [0.05, 0.1) is 24.0 Å². The van der Waals surface area contributed by atoms with Gasteiger partial charge in [-0.2, -0.15) is 10.2 Å². The minimum atomic E-state index is 0.0302. The largest absolute Gasteiger partial charge is 0.350 e. The molecule has 2 aromatic rings. The van der Waals surface area contributed by atoms with Gasteiger partial charge in [-0.05, 0) is 62.6 Å². The van der Waals surface area contributed by atoms with Crippen LogP contribution in [0.2, 0.25) is 0 Å². The van der Waals surface area contributed by atoms with E-state index in [1.165, 1.54) is 12.8 Å². The van der Waals surface area contributed by atoms with Gasteiger partial charge >= 0.3 is 0 Å². The number of hydrogen-bond acceptors (Lipinski definition) is 5. The Balaban J connectivity index is 1.37. The molecule has 0 spiro atoms. The van der Waals surface area contributed by atoms with Crippen LogP contribution in [0.5, 0.6) is 0 Å². The average molecular weight is 337 g/mol. The van der Waals surface area contributed by atoms with Crippen LogP contribution in [0.15, 0.2) is 23.0 Å². The molecule has 3 heterocycles. The monoisotopic (exact) mass is 337 g/mol. The molecule has 1 atom stereocenters. The highest BCUT2D eigenvalue weighted by atomic mass is 16.1. The van der Waals surface area contributed by atoms with Gasteiger partial charge in [0.15, 0.2) is 5.82 Å². The lowest BCUT2D eigenvalue weighted by atomic mass is 10.2. The van der Waals surface area contributed by atoms with Crippen molar-refractivity contribution >= 4 is 5.82 Å². The van der Waals surface area contributed by atoms with Crippen molar-refractivity contribution in [2.24, 2.45) is 0 Å². The molecule has 1 aliphatic heterocycles. The van der Waals surface area contributed by atoms with Gasteiger partial charge in [0.25, 0.3) is 5.56 Å². The SMILES string of the molecule is O=c1cc2c(nn1CC1CCCN1c1ccc(C3CC3)nn1)CCC2. The van der Waals surface area contributed by atoms with Gasteiger partial charge in [-0.1, -0.05) is 0 Å². The number of rotatable bonds is 4. The van der Waals surface area contributed by atoms with E-state index in [9.17, 15) is 4.79 Å². The Hall–Kier alpha value is -2.24. The van der Waals surface area contributed by atoms with Crippen LogP contribution in [0.4, 0.5) is 5.82 Å². The molecule has 0 bridgehead atoms. The highest BCUT2D eigenvalue weighted by Crippen LogP contribution is 2.39. The topological polar surface area (TPSA) is 63.9 Å². The maximum atomic E-state index is 12.4. The number of fused-ring (bicyclic) bond motifs is 1. The van der Waals surface area contributed by atoms with Crippen molar-refractivity contribution in [3.05, 3.63) is 45.5 Å². The molecule has 6 heteroatoms. The molecule has 6 nitrogen and oxygen atoms in total. The van der Waals surface area contributed by atoms with E-state index in [1.807, 2.05) is 0 Å². The second kappa shape index (κ2) is 5.93. The molecule has 2 fully saturated rings. The van der Waals surface area contributed by atoms with E-state index < -0.39 is 0 Å². The van der Waals surface area contributed by atoms with Crippen molar-refractivity contribution in [1.29, 1.82) is 0 Å². The van der Waals surface area contributed by atoms with Gasteiger partial charge in [-0.3, -0.25) is 4.79 Å². The zero-order valence-electron chi connectivity index (χ0n) is 14.4. The summed E-state index contributed by atoms with van der Waals surface area (Å²) in [6, 6.07) is 6.28. The number of aryl methyl sites for hydroxylation is 2. The van der Waals surface area contributed by atoms with Crippen LogP contribution < -0.4 is 10.5 Å². The molecule has 1 unspecified atom stereocenters. The molecule has 0 aromatic carbocycles. The minimum Gasteiger partial charge on any atom is -0.350 e. The van der Waals surface area contributed by atoms with Gasteiger partial charge in [0.2, 0.25) is 0 Å². The van der Waals surface area contributed by atoms with Crippen molar-refractivity contribution in [2.75, 3.05) is 11.4 Å². The lowest BCUT2D eigenvalue weighted by Crippen LogP contribution is -2.38. The third kappa shape index (κ3) is 2.83. The Bertz CT molecular complexity index is 840. The van der Waals surface area contributed by atoms with E-state index in [0.29, 0.717) is 12.5 Å². The Kier molecular flexibility index (Phi) is 3.57. The lowest BCUT2D eigenvalue weighted by Gasteiger charge is -2.25. The number of aromatic nitrogens is 4. The van der Waals surface area contributed by atoms with E-state index in [1.54, 1.807) is 10.7 Å².